The van der Waals surface area contributed by atoms with Gasteiger partial charge >= 0.3 is 6.03 Å². The first-order valence-electron chi connectivity index (χ1n) is 6.72. The van der Waals surface area contributed by atoms with Crippen molar-refractivity contribution in [2.24, 2.45) is 5.92 Å². The molecule has 0 radical (unpaired) electrons. The van der Waals surface area contributed by atoms with E-state index >= 15 is 0 Å². The molecule has 1 aliphatic rings. The standard InChI is InChI=1S/C12H20N4O2S/c1-2-10-15-16-12(19-10)14-11(18)13-7-8-4-3-5-9(17)6-8/h8-9,17H,2-7H2,1H3,(H2,13,14,16,18). The minimum absolute atomic E-state index is 0.209. The van der Waals surface area contributed by atoms with Gasteiger partial charge in [-0.05, 0) is 31.6 Å². The van der Waals surface area contributed by atoms with E-state index in [1.54, 1.807) is 0 Å². The summed E-state index contributed by atoms with van der Waals surface area (Å²) >= 11 is 1.39. The Kier molecular flexibility index (Phi) is 5.09. The van der Waals surface area contributed by atoms with E-state index in [4.69, 9.17) is 0 Å². The number of aliphatic hydroxyl groups excluding tert-OH is 1. The molecule has 2 atom stereocenters. The first-order chi connectivity index (χ1) is 9.17. The van der Waals surface area contributed by atoms with E-state index in [0.29, 0.717) is 17.6 Å². The number of carbonyl (C=O) groups is 1. The van der Waals surface area contributed by atoms with Crippen LogP contribution in [0.4, 0.5) is 9.93 Å². The highest BCUT2D eigenvalue weighted by Gasteiger charge is 2.20. The Morgan fingerprint density at radius 2 is 2.32 bits per heavy atom. The zero-order chi connectivity index (χ0) is 13.7. The minimum atomic E-state index is -0.251. The molecule has 0 saturated heterocycles. The molecule has 6 nitrogen and oxygen atoms in total. The normalized spacial score (nSPS) is 23.1. The van der Waals surface area contributed by atoms with Crippen LogP contribution in [0.15, 0.2) is 0 Å². The molecule has 3 N–H and O–H groups in total. The van der Waals surface area contributed by atoms with Crippen LogP contribution in [-0.2, 0) is 6.42 Å². The smallest absolute Gasteiger partial charge is 0.321 e. The number of hydrogen-bond donors (Lipinski definition) is 3. The molecule has 2 rings (SSSR count). The molecule has 1 saturated carbocycles. The highest BCUT2D eigenvalue weighted by Crippen LogP contribution is 2.23. The molecule has 2 amide bonds. The van der Waals surface area contributed by atoms with E-state index in [1.165, 1.54) is 11.3 Å². The number of carbonyl (C=O) groups excluding carboxylic acids is 1. The van der Waals surface area contributed by atoms with Crippen molar-refractivity contribution in [1.82, 2.24) is 15.5 Å². The molecule has 7 heteroatoms. The van der Waals surface area contributed by atoms with Gasteiger partial charge in [0.2, 0.25) is 5.13 Å². The summed E-state index contributed by atoms with van der Waals surface area (Å²) in [7, 11) is 0. The number of aromatic nitrogens is 2. The third kappa shape index (κ3) is 4.43. The van der Waals surface area contributed by atoms with E-state index < -0.39 is 0 Å². The maximum atomic E-state index is 11.7. The number of aliphatic hydroxyl groups is 1. The van der Waals surface area contributed by atoms with Crippen LogP contribution < -0.4 is 10.6 Å². The van der Waals surface area contributed by atoms with Crippen molar-refractivity contribution in [2.45, 2.75) is 45.1 Å². The second-order valence-corrected chi connectivity index (χ2v) is 5.94. The average molecular weight is 284 g/mol. The van der Waals surface area contributed by atoms with Crippen LogP contribution in [0.5, 0.6) is 0 Å². The van der Waals surface area contributed by atoms with E-state index in [2.05, 4.69) is 20.8 Å². The number of nitrogens with zero attached hydrogens (tertiary/aromatic N) is 2. The Labute approximate surface area is 116 Å². The first-order valence-corrected chi connectivity index (χ1v) is 7.54. The highest BCUT2D eigenvalue weighted by atomic mass is 32.1. The summed E-state index contributed by atoms with van der Waals surface area (Å²) in [5.41, 5.74) is 0. The summed E-state index contributed by atoms with van der Waals surface area (Å²) < 4.78 is 0. The number of rotatable bonds is 4. The molecule has 1 heterocycles. The van der Waals surface area contributed by atoms with Crippen molar-refractivity contribution in [3.63, 3.8) is 0 Å². The van der Waals surface area contributed by atoms with Crippen molar-refractivity contribution in [3.05, 3.63) is 5.01 Å². The van der Waals surface area contributed by atoms with Gasteiger partial charge in [0, 0.05) is 6.54 Å². The van der Waals surface area contributed by atoms with Crippen LogP contribution in [0.25, 0.3) is 0 Å². The summed E-state index contributed by atoms with van der Waals surface area (Å²) in [6.45, 7) is 2.60. The molecule has 19 heavy (non-hydrogen) atoms. The van der Waals surface area contributed by atoms with Crippen molar-refractivity contribution < 1.29 is 9.90 Å². The lowest BCUT2D eigenvalue weighted by molar-refractivity contribution is 0.101. The second-order valence-electron chi connectivity index (χ2n) is 4.88. The molecule has 0 spiro atoms. The van der Waals surface area contributed by atoms with E-state index in [-0.39, 0.29) is 12.1 Å². The monoisotopic (exact) mass is 284 g/mol. The fourth-order valence-corrected chi connectivity index (χ4v) is 2.95. The van der Waals surface area contributed by atoms with Gasteiger partial charge in [0.15, 0.2) is 0 Å². The first kappa shape index (κ1) is 14.2. The van der Waals surface area contributed by atoms with Crippen LogP contribution in [0, 0.1) is 5.92 Å². The van der Waals surface area contributed by atoms with E-state index in [9.17, 15) is 9.90 Å². The van der Waals surface area contributed by atoms with Crippen LogP contribution in [0.1, 0.15) is 37.6 Å². The highest BCUT2D eigenvalue weighted by molar-refractivity contribution is 7.15. The van der Waals surface area contributed by atoms with Gasteiger partial charge in [-0.3, -0.25) is 5.32 Å². The number of urea groups is 1. The molecule has 0 aliphatic heterocycles. The second kappa shape index (κ2) is 6.81. The number of aryl methyl sites for hydroxylation is 1. The maximum Gasteiger partial charge on any atom is 0.321 e. The molecule has 1 aliphatic carbocycles. The Hall–Kier alpha value is -1.21. The van der Waals surface area contributed by atoms with Crippen LogP contribution >= 0.6 is 11.3 Å². The van der Waals surface area contributed by atoms with Crippen molar-refractivity contribution in [1.29, 1.82) is 0 Å². The molecule has 2 unspecified atom stereocenters. The zero-order valence-electron chi connectivity index (χ0n) is 11.1. The summed E-state index contributed by atoms with van der Waals surface area (Å²) in [5.74, 6) is 0.370. The Balaban J connectivity index is 1.72. The third-order valence-corrected chi connectivity index (χ3v) is 4.28. The number of amides is 2. The van der Waals surface area contributed by atoms with Gasteiger partial charge < -0.3 is 10.4 Å². The molecule has 106 valence electrons. The Bertz CT molecular complexity index is 424. The number of nitrogens with one attached hydrogen (secondary N) is 2. The molecule has 1 aromatic heterocycles. The fourth-order valence-electron chi connectivity index (χ4n) is 2.27. The number of hydrogen-bond acceptors (Lipinski definition) is 5. The SMILES string of the molecule is CCc1nnc(NC(=O)NCC2CCCC(O)C2)s1. The molecule has 0 bridgehead atoms. The Morgan fingerprint density at radius 3 is 3.00 bits per heavy atom. The quantitative estimate of drug-likeness (QED) is 0.786. The maximum absolute atomic E-state index is 11.7. The van der Waals surface area contributed by atoms with Gasteiger partial charge in [0.05, 0.1) is 6.10 Å². The number of anilines is 1. The summed E-state index contributed by atoms with van der Waals surface area (Å²) in [4.78, 5) is 11.7. The average Bonchev–Trinajstić information content (AvgIpc) is 2.84. The molecular formula is C12H20N4O2S. The van der Waals surface area contributed by atoms with Crippen molar-refractivity contribution in [3.8, 4) is 0 Å². The molecular weight excluding hydrogens is 264 g/mol. The van der Waals surface area contributed by atoms with Crippen LogP contribution in [0.3, 0.4) is 0 Å². The van der Waals surface area contributed by atoms with Crippen LogP contribution in [-0.4, -0.2) is 34.0 Å². The van der Waals surface area contributed by atoms with Gasteiger partial charge in [-0.15, -0.1) is 10.2 Å². The van der Waals surface area contributed by atoms with Gasteiger partial charge in [-0.2, -0.15) is 0 Å². The lowest BCUT2D eigenvalue weighted by atomic mass is 9.87. The summed E-state index contributed by atoms with van der Waals surface area (Å²) in [6.07, 6.45) is 4.37. The van der Waals surface area contributed by atoms with Gasteiger partial charge in [-0.1, -0.05) is 24.7 Å². The topological polar surface area (TPSA) is 87.1 Å². The van der Waals surface area contributed by atoms with Gasteiger partial charge in [0.1, 0.15) is 5.01 Å². The summed E-state index contributed by atoms with van der Waals surface area (Å²) in [5, 5.41) is 24.3. The lowest BCUT2D eigenvalue weighted by Gasteiger charge is -2.25. The minimum Gasteiger partial charge on any atom is -0.393 e. The summed E-state index contributed by atoms with van der Waals surface area (Å²) in [6, 6.07) is -0.251. The van der Waals surface area contributed by atoms with E-state index in [0.717, 1.165) is 37.1 Å². The predicted molar refractivity (Wildman–Crippen MR) is 74.3 cm³/mol. The van der Waals surface area contributed by atoms with Crippen LogP contribution in [0.2, 0.25) is 0 Å². The molecule has 1 aromatic rings. The van der Waals surface area contributed by atoms with Crippen molar-refractivity contribution in [2.75, 3.05) is 11.9 Å². The van der Waals surface area contributed by atoms with E-state index in [1.807, 2.05) is 6.92 Å². The molecule has 1 fully saturated rings. The predicted octanol–water partition coefficient (Wildman–Crippen LogP) is 1.77. The fraction of sp³-hybridized carbons (Fsp3) is 0.750. The van der Waals surface area contributed by atoms with Crippen molar-refractivity contribution >= 4 is 22.5 Å². The van der Waals surface area contributed by atoms with Gasteiger partial charge in [-0.25, -0.2) is 4.79 Å². The Morgan fingerprint density at radius 1 is 1.47 bits per heavy atom. The third-order valence-electron chi connectivity index (χ3n) is 3.30. The zero-order valence-corrected chi connectivity index (χ0v) is 11.9. The van der Waals surface area contributed by atoms with Gasteiger partial charge in [0.25, 0.3) is 0 Å². The largest absolute Gasteiger partial charge is 0.393 e. The lowest BCUT2D eigenvalue weighted by Crippen LogP contribution is -2.35. The molecule has 0 aromatic carbocycles.